The van der Waals surface area contributed by atoms with Crippen LogP contribution in [0.2, 0.25) is 0 Å². The molecule has 0 aromatic heterocycles. The van der Waals surface area contributed by atoms with Crippen LogP contribution in [-0.2, 0) is 9.59 Å². The van der Waals surface area contributed by atoms with Crippen molar-refractivity contribution in [1.29, 1.82) is 0 Å². The normalized spacial score (nSPS) is 23.4. The molecule has 0 aromatic rings. The lowest BCUT2D eigenvalue weighted by atomic mass is 9.68. The Bertz CT molecular complexity index is 334. The van der Waals surface area contributed by atoms with E-state index in [1.807, 2.05) is 0 Å². The second-order valence-electron chi connectivity index (χ2n) is 6.69. The first kappa shape index (κ1) is 15.0. The van der Waals surface area contributed by atoms with Gasteiger partial charge in [0.2, 0.25) is 5.91 Å². The molecule has 1 aliphatic rings. The van der Waals surface area contributed by atoms with E-state index in [1.165, 1.54) is 6.42 Å². The van der Waals surface area contributed by atoms with Gasteiger partial charge >= 0.3 is 5.97 Å². The SMILES string of the molecule is CC(C)(CNC(=O)C1CCCCC1(C)C)C(=O)O. The number of aliphatic carboxylic acids is 1. The van der Waals surface area contributed by atoms with Crippen LogP contribution in [0, 0.1) is 16.7 Å². The van der Waals surface area contributed by atoms with Gasteiger partial charge < -0.3 is 10.4 Å². The Morgan fingerprint density at radius 3 is 2.44 bits per heavy atom. The van der Waals surface area contributed by atoms with Crippen molar-refractivity contribution >= 4 is 11.9 Å². The van der Waals surface area contributed by atoms with E-state index in [2.05, 4.69) is 19.2 Å². The number of rotatable bonds is 4. The molecule has 18 heavy (non-hydrogen) atoms. The fourth-order valence-electron chi connectivity index (χ4n) is 2.49. The Hall–Kier alpha value is -1.06. The largest absolute Gasteiger partial charge is 0.481 e. The number of hydrogen-bond acceptors (Lipinski definition) is 2. The van der Waals surface area contributed by atoms with Crippen molar-refractivity contribution in [2.45, 2.75) is 53.4 Å². The highest BCUT2D eigenvalue weighted by Gasteiger charge is 2.38. The van der Waals surface area contributed by atoms with E-state index in [9.17, 15) is 9.59 Å². The summed E-state index contributed by atoms with van der Waals surface area (Å²) >= 11 is 0. The zero-order valence-electron chi connectivity index (χ0n) is 11.9. The van der Waals surface area contributed by atoms with Gasteiger partial charge in [0.05, 0.1) is 5.41 Å². The van der Waals surface area contributed by atoms with Gasteiger partial charge in [-0.1, -0.05) is 26.7 Å². The molecule has 1 fully saturated rings. The second-order valence-corrected chi connectivity index (χ2v) is 6.69. The Morgan fingerprint density at radius 2 is 1.94 bits per heavy atom. The van der Waals surface area contributed by atoms with Crippen LogP contribution in [0.4, 0.5) is 0 Å². The number of nitrogens with one attached hydrogen (secondary N) is 1. The molecule has 0 radical (unpaired) electrons. The minimum atomic E-state index is -0.908. The van der Waals surface area contributed by atoms with Crippen LogP contribution in [0.15, 0.2) is 0 Å². The van der Waals surface area contributed by atoms with Crippen LogP contribution in [0.25, 0.3) is 0 Å². The molecule has 1 aliphatic carbocycles. The van der Waals surface area contributed by atoms with Gasteiger partial charge in [0.25, 0.3) is 0 Å². The lowest BCUT2D eigenvalue weighted by molar-refractivity contribution is -0.147. The molecule has 1 amide bonds. The van der Waals surface area contributed by atoms with E-state index >= 15 is 0 Å². The van der Waals surface area contributed by atoms with Crippen molar-refractivity contribution in [3.8, 4) is 0 Å². The predicted molar refractivity (Wildman–Crippen MR) is 70.2 cm³/mol. The molecule has 0 spiro atoms. The molecule has 0 bridgehead atoms. The van der Waals surface area contributed by atoms with E-state index in [0.717, 1.165) is 19.3 Å². The van der Waals surface area contributed by atoms with Crippen LogP contribution < -0.4 is 5.32 Å². The van der Waals surface area contributed by atoms with Gasteiger partial charge in [-0.15, -0.1) is 0 Å². The van der Waals surface area contributed by atoms with Crippen molar-refractivity contribution in [2.75, 3.05) is 6.54 Å². The van der Waals surface area contributed by atoms with Crippen molar-refractivity contribution in [3.05, 3.63) is 0 Å². The first-order valence-corrected chi connectivity index (χ1v) is 6.68. The number of carbonyl (C=O) groups excluding carboxylic acids is 1. The second kappa shape index (κ2) is 5.29. The third-order valence-electron chi connectivity index (χ3n) is 4.11. The average molecular weight is 255 g/mol. The van der Waals surface area contributed by atoms with Crippen molar-refractivity contribution < 1.29 is 14.7 Å². The van der Waals surface area contributed by atoms with Crippen LogP contribution in [0.1, 0.15) is 53.4 Å². The number of carbonyl (C=O) groups is 2. The number of carboxylic acids is 1. The summed E-state index contributed by atoms with van der Waals surface area (Å²) in [5, 5.41) is 11.8. The zero-order chi connectivity index (χ0) is 14.0. The molecule has 1 unspecified atom stereocenters. The van der Waals surface area contributed by atoms with E-state index in [4.69, 9.17) is 5.11 Å². The fourth-order valence-corrected chi connectivity index (χ4v) is 2.49. The fraction of sp³-hybridized carbons (Fsp3) is 0.857. The highest BCUT2D eigenvalue weighted by Crippen LogP contribution is 2.40. The quantitative estimate of drug-likeness (QED) is 0.810. The summed E-state index contributed by atoms with van der Waals surface area (Å²) < 4.78 is 0. The highest BCUT2D eigenvalue weighted by molar-refractivity contribution is 5.81. The first-order valence-electron chi connectivity index (χ1n) is 6.68. The summed E-state index contributed by atoms with van der Waals surface area (Å²) in [4.78, 5) is 23.2. The van der Waals surface area contributed by atoms with Gasteiger partial charge in [0, 0.05) is 12.5 Å². The molecular formula is C14H25NO3. The van der Waals surface area contributed by atoms with Gasteiger partial charge in [0.1, 0.15) is 0 Å². The van der Waals surface area contributed by atoms with Crippen LogP contribution in [0.5, 0.6) is 0 Å². The topological polar surface area (TPSA) is 66.4 Å². The van der Waals surface area contributed by atoms with Crippen molar-refractivity contribution in [2.24, 2.45) is 16.7 Å². The Labute approximate surface area is 109 Å². The van der Waals surface area contributed by atoms with E-state index in [0.29, 0.717) is 0 Å². The Morgan fingerprint density at radius 1 is 1.33 bits per heavy atom. The Balaban J connectivity index is 2.58. The van der Waals surface area contributed by atoms with Gasteiger partial charge in [-0.3, -0.25) is 9.59 Å². The van der Waals surface area contributed by atoms with Gasteiger partial charge in [-0.2, -0.15) is 0 Å². The molecule has 4 nitrogen and oxygen atoms in total. The zero-order valence-corrected chi connectivity index (χ0v) is 11.9. The van der Waals surface area contributed by atoms with Crippen LogP contribution >= 0.6 is 0 Å². The molecule has 1 atom stereocenters. The lowest BCUT2D eigenvalue weighted by Gasteiger charge is -2.37. The maximum absolute atomic E-state index is 12.2. The number of hydrogen-bond donors (Lipinski definition) is 2. The summed E-state index contributed by atoms with van der Waals surface area (Å²) in [6.07, 6.45) is 4.24. The summed E-state index contributed by atoms with van der Waals surface area (Å²) in [6, 6.07) is 0. The number of amides is 1. The Kier molecular flexibility index (Phi) is 4.41. The molecular weight excluding hydrogens is 230 g/mol. The average Bonchev–Trinajstić information content (AvgIpc) is 2.25. The van der Waals surface area contributed by atoms with Crippen LogP contribution in [0.3, 0.4) is 0 Å². The summed E-state index contributed by atoms with van der Waals surface area (Å²) in [7, 11) is 0. The van der Waals surface area contributed by atoms with Crippen molar-refractivity contribution in [3.63, 3.8) is 0 Å². The maximum atomic E-state index is 12.2. The third kappa shape index (κ3) is 3.47. The molecule has 0 aliphatic heterocycles. The van der Waals surface area contributed by atoms with Gasteiger partial charge in [0.15, 0.2) is 0 Å². The van der Waals surface area contributed by atoms with Crippen LogP contribution in [-0.4, -0.2) is 23.5 Å². The maximum Gasteiger partial charge on any atom is 0.310 e. The summed E-state index contributed by atoms with van der Waals surface area (Å²) in [5.74, 6) is -0.865. The van der Waals surface area contributed by atoms with Gasteiger partial charge in [-0.05, 0) is 32.1 Å². The smallest absolute Gasteiger partial charge is 0.310 e. The summed E-state index contributed by atoms with van der Waals surface area (Å²) in [5.41, 5.74) is -0.885. The molecule has 2 N–H and O–H groups in total. The predicted octanol–water partition coefficient (Wildman–Crippen LogP) is 2.43. The van der Waals surface area contributed by atoms with Crippen molar-refractivity contribution in [1.82, 2.24) is 5.32 Å². The molecule has 0 saturated heterocycles. The lowest BCUT2D eigenvalue weighted by Crippen LogP contribution is -2.45. The van der Waals surface area contributed by atoms with E-state index in [1.54, 1.807) is 13.8 Å². The minimum absolute atomic E-state index is 0.00836. The van der Waals surface area contributed by atoms with E-state index in [-0.39, 0.29) is 23.8 Å². The molecule has 1 rings (SSSR count). The molecule has 0 heterocycles. The highest BCUT2D eigenvalue weighted by atomic mass is 16.4. The third-order valence-corrected chi connectivity index (χ3v) is 4.11. The molecule has 4 heteroatoms. The molecule has 104 valence electrons. The molecule has 1 saturated carbocycles. The minimum Gasteiger partial charge on any atom is -0.481 e. The molecule has 0 aromatic carbocycles. The monoisotopic (exact) mass is 255 g/mol. The van der Waals surface area contributed by atoms with Gasteiger partial charge in [-0.25, -0.2) is 0 Å². The number of carboxylic acid groups (broad SMARTS) is 1. The van der Waals surface area contributed by atoms with E-state index < -0.39 is 11.4 Å². The standard InChI is InChI=1S/C14H25NO3/c1-13(2)8-6-5-7-10(13)11(16)15-9-14(3,4)12(17)18/h10H,5-9H2,1-4H3,(H,15,16)(H,17,18). The first-order chi connectivity index (χ1) is 8.17. The summed E-state index contributed by atoms with van der Waals surface area (Å²) in [6.45, 7) is 7.69.